The fourth-order valence-electron chi connectivity index (χ4n) is 4.83. The molecular weight excluding hydrogens is 322 g/mol. The predicted molar refractivity (Wildman–Crippen MR) is 102 cm³/mol. The lowest BCUT2D eigenvalue weighted by atomic mass is 9.58. The van der Waals surface area contributed by atoms with E-state index < -0.39 is 0 Å². The van der Waals surface area contributed by atoms with E-state index in [1.54, 1.807) is 0 Å². The Kier molecular flexibility index (Phi) is 4.62. The average Bonchev–Trinajstić information content (AvgIpc) is 2.69. The van der Waals surface area contributed by atoms with Crippen LogP contribution >= 0.6 is 0 Å². The minimum Gasteiger partial charge on any atom is -0.282 e. The molecule has 2 atom stereocenters. The lowest BCUT2D eigenvalue weighted by Gasteiger charge is -2.49. The van der Waals surface area contributed by atoms with Gasteiger partial charge in [0.1, 0.15) is 0 Å². The van der Waals surface area contributed by atoms with Crippen molar-refractivity contribution in [1.82, 2.24) is 4.90 Å². The van der Waals surface area contributed by atoms with E-state index in [1.165, 1.54) is 4.90 Å². The topological polar surface area (TPSA) is 37.4 Å². The number of hydrogen-bond acceptors (Lipinski definition) is 2. The molecule has 0 aromatic heterocycles. The van der Waals surface area contributed by atoms with Crippen molar-refractivity contribution in [3.8, 4) is 0 Å². The molecule has 1 heterocycles. The van der Waals surface area contributed by atoms with E-state index >= 15 is 0 Å². The minimum absolute atomic E-state index is 0.00654. The van der Waals surface area contributed by atoms with Gasteiger partial charge in [0.25, 0.3) is 0 Å². The molecule has 134 valence electrons. The summed E-state index contributed by atoms with van der Waals surface area (Å²) in [6, 6.07) is 20.3. The molecule has 0 spiro atoms. The van der Waals surface area contributed by atoms with Gasteiger partial charge in [-0.3, -0.25) is 14.5 Å². The van der Waals surface area contributed by atoms with E-state index in [0.29, 0.717) is 13.0 Å². The Morgan fingerprint density at radius 2 is 1.62 bits per heavy atom. The molecule has 2 aromatic carbocycles. The maximum Gasteiger partial charge on any atom is 0.233 e. The molecule has 2 amide bonds. The standard InChI is InChI=1S/C23H25NO2/c25-21-17-23(19-11-5-2-6-12-19)15-8-7-13-20(23)22(26)24(21)16-14-18-9-3-1-4-10-18/h1-6,9-12,20H,7-8,13-17H2/t20-,23+/m1/s1. The first-order valence-electron chi connectivity index (χ1n) is 9.64. The van der Waals surface area contributed by atoms with E-state index in [9.17, 15) is 9.59 Å². The second-order valence-electron chi connectivity index (χ2n) is 7.62. The molecular formula is C23H25NO2. The Bertz CT molecular complexity index is 786. The molecule has 4 rings (SSSR count). The van der Waals surface area contributed by atoms with Crippen LogP contribution in [-0.4, -0.2) is 23.3 Å². The molecule has 26 heavy (non-hydrogen) atoms. The third-order valence-corrected chi connectivity index (χ3v) is 6.18. The number of nitrogens with zero attached hydrogens (tertiary/aromatic N) is 1. The number of carbonyl (C=O) groups excluding carboxylic acids is 2. The highest BCUT2D eigenvalue weighted by Crippen LogP contribution is 2.49. The number of piperidine rings is 1. The lowest BCUT2D eigenvalue weighted by Crippen LogP contribution is -2.57. The van der Waals surface area contributed by atoms with Crippen LogP contribution in [0.2, 0.25) is 0 Å². The van der Waals surface area contributed by atoms with Crippen LogP contribution in [-0.2, 0) is 21.4 Å². The summed E-state index contributed by atoms with van der Waals surface area (Å²) in [4.78, 5) is 27.8. The summed E-state index contributed by atoms with van der Waals surface area (Å²) in [5, 5.41) is 0. The monoisotopic (exact) mass is 347 g/mol. The van der Waals surface area contributed by atoms with E-state index in [4.69, 9.17) is 0 Å². The smallest absolute Gasteiger partial charge is 0.233 e. The lowest BCUT2D eigenvalue weighted by molar-refractivity contribution is -0.157. The Balaban J connectivity index is 1.59. The van der Waals surface area contributed by atoms with Gasteiger partial charge in [-0.25, -0.2) is 0 Å². The molecule has 1 aliphatic carbocycles. The van der Waals surface area contributed by atoms with Crippen molar-refractivity contribution in [2.75, 3.05) is 6.54 Å². The molecule has 3 heteroatoms. The highest BCUT2D eigenvalue weighted by atomic mass is 16.2. The Morgan fingerprint density at radius 1 is 0.923 bits per heavy atom. The maximum atomic E-state index is 13.3. The number of imide groups is 1. The summed E-state index contributed by atoms with van der Waals surface area (Å²) in [6.07, 6.45) is 5.18. The van der Waals surface area contributed by atoms with Gasteiger partial charge in [-0.15, -0.1) is 0 Å². The van der Waals surface area contributed by atoms with Crippen LogP contribution in [0.1, 0.15) is 43.2 Å². The summed E-state index contributed by atoms with van der Waals surface area (Å²) in [6.45, 7) is 0.489. The number of rotatable bonds is 4. The van der Waals surface area contributed by atoms with E-state index in [1.807, 2.05) is 48.5 Å². The predicted octanol–water partition coefficient (Wildman–Crippen LogP) is 4.12. The highest BCUT2D eigenvalue weighted by Gasteiger charge is 2.53. The molecule has 1 saturated carbocycles. The first-order valence-corrected chi connectivity index (χ1v) is 9.64. The van der Waals surface area contributed by atoms with Crippen LogP contribution in [0, 0.1) is 5.92 Å². The minimum atomic E-state index is -0.295. The van der Waals surface area contributed by atoms with Crippen LogP contribution < -0.4 is 0 Å². The van der Waals surface area contributed by atoms with Crippen molar-refractivity contribution < 1.29 is 9.59 Å². The van der Waals surface area contributed by atoms with E-state index in [2.05, 4.69) is 12.1 Å². The molecule has 2 aliphatic rings. The van der Waals surface area contributed by atoms with Gasteiger partial charge in [0.2, 0.25) is 11.8 Å². The van der Waals surface area contributed by atoms with Gasteiger partial charge in [-0.2, -0.15) is 0 Å². The molecule has 0 radical (unpaired) electrons. The van der Waals surface area contributed by atoms with Crippen molar-refractivity contribution >= 4 is 11.8 Å². The average molecular weight is 347 g/mol. The fraction of sp³-hybridized carbons (Fsp3) is 0.391. The maximum absolute atomic E-state index is 13.3. The Morgan fingerprint density at radius 3 is 2.35 bits per heavy atom. The molecule has 0 bridgehead atoms. The van der Waals surface area contributed by atoms with E-state index in [0.717, 1.165) is 43.2 Å². The third kappa shape index (κ3) is 2.96. The van der Waals surface area contributed by atoms with Gasteiger partial charge in [0, 0.05) is 24.3 Å². The van der Waals surface area contributed by atoms with Gasteiger partial charge in [-0.1, -0.05) is 73.5 Å². The van der Waals surface area contributed by atoms with Crippen molar-refractivity contribution in [3.05, 3.63) is 71.8 Å². The molecule has 3 nitrogen and oxygen atoms in total. The van der Waals surface area contributed by atoms with Crippen molar-refractivity contribution in [3.63, 3.8) is 0 Å². The Hall–Kier alpha value is -2.42. The second kappa shape index (κ2) is 7.06. The van der Waals surface area contributed by atoms with Crippen LogP contribution in [0.25, 0.3) is 0 Å². The zero-order valence-corrected chi connectivity index (χ0v) is 15.1. The van der Waals surface area contributed by atoms with Gasteiger partial charge < -0.3 is 0 Å². The number of benzene rings is 2. The summed E-state index contributed by atoms with van der Waals surface area (Å²) < 4.78 is 0. The molecule has 1 aliphatic heterocycles. The first kappa shape index (κ1) is 17.0. The SMILES string of the molecule is O=C1C[C@]2(c3ccccc3)CCCC[C@@H]2C(=O)N1CCc1ccccc1. The normalized spacial score (nSPS) is 25.8. The van der Waals surface area contributed by atoms with Gasteiger partial charge in [0.05, 0.1) is 0 Å². The van der Waals surface area contributed by atoms with Crippen molar-refractivity contribution in [1.29, 1.82) is 0 Å². The Labute approximate surface area is 155 Å². The zero-order valence-electron chi connectivity index (χ0n) is 15.1. The van der Waals surface area contributed by atoms with Crippen LogP contribution in [0.15, 0.2) is 60.7 Å². The zero-order chi connectivity index (χ0) is 18.0. The first-order chi connectivity index (χ1) is 12.7. The molecule has 1 saturated heterocycles. The van der Waals surface area contributed by atoms with Gasteiger partial charge in [-0.05, 0) is 30.4 Å². The van der Waals surface area contributed by atoms with Gasteiger partial charge in [0.15, 0.2) is 0 Å². The van der Waals surface area contributed by atoms with Crippen LogP contribution in [0.4, 0.5) is 0 Å². The van der Waals surface area contributed by atoms with Gasteiger partial charge >= 0.3 is 0 Å². The molecule has 2 fully saturated rings. The summed E-state index contributed by atoms with van der Waals surface area (Å²) in [7, 11) is 0. The number of fused-ring (bicyclic) bond motifs is 1. The van der Waals surface area contributed by atoms with Crippen molar-refractivity contribution in [2.45, 2.75) is 43.9 Å². The highest BCUT2D eigenvalue weighted by molar-refractivity contribution is 6.01. The molecule has 0 unspecified atom stereocenters. The number of likely N-dealkylation sites (tertiary alicyclic amines) is 1. The summed E-state index contributed by atoms with van der Waals surface area (Å²) in [5.74, 6) is -0.0270. The summed E-state index contributed by atoms with van der Waals surface area (Å²) in [5.41, 5.74) is 2.03. The van der Waals surface area contributed by atoms with Crippen LogP contribution in [0.3, 0.4) is 0 Å². The number of carbonyl (C=O) groups is 2. The largest absolute Gasteiger partial charge is 0.282 e. The van der Waals surface area contributed by atoms with Crippen molar-refractivity contribution in [2.24, 2.45) is 5.92 Å². The number of hydrogen-bond donors (Lipinski definition) is 0. The third-order valence-electron chi connectivity index (χ3n) is 6.18. The molecule has 0 N–H and O–H groups in total. The number of amides is 2. The van der Waals surface area contributed by atoms with Crippen LogP contribution in [0.5, 0.6) is 0 Å². The molecule has 2 aromatic rings. The van der Waals surface area contributed by atoms with E-state index in [-0.39, 0.29) is 23.1 Å². The fourth-order valence-corrected chi connectivity index (χ4v) is 4.83. The quantitative estimate of drug-likeness (QED) is 0.780. The second-order valence-corrected chi connectivity index (χ2v) is 7.62. The summed E-state index contributed by atoms with van der Waals surface area (Å²) >= 11 is 0.